The molecule has 0 aromatic heterocycles. The molecule has 0 amide bonds. The van der Waals surface area contributed by atoms with Gasteiger partial charge in [-0.2, -0.15) is 0 Å². The van der Waals surface area contributed by atoms with E-state index in [-0.39, 0.29) is 17.4 Å². The predicted octanol–water partition coefficient (Wildman–Crippen LogP) is 3.44. The van der Waals surface area contributed by atoms with Crippen molar-refractivity contribution in [1.29, 1.82) is 0 Å². The fourth-order valence-electron chi connectivity index (χ4n) is 1.88. The minimum Gasteiger partial charge on any atom is -0.452 e. The number of Topliss-reactive ketones (excluding diaryl/α,β-unsaturated/α-hetero) is 1. The Labute approximate surface area is 103 Å². The zero-order valence-corrected chi connectivity index (χ0v) is 9.39. The number of allylic oxidation sites excluding steroid dienone is 1. The topological polar surface area (TPSA) is 26.3 Å². The lowest BCUT2D eigenvalue weighted by Crippen LogP contribution is -1.98. The Morgan fingerprint density at radius 2 is 1.89 bits per heavy atom. The van der Waals surface area contributed by atoms with E-state index in [0.29, 0.717) is 16.9 Å². The Balaban J connectivity index is 1.99. The van der Waals surface area contributed by atoms with Gasteiger partial charge in [0.05, 0.1) is 5.56 Å². The van der Waals surface area contributed by atoms with Crippen molar-refractivity contribution in [3.8, 4) is 5.75 Å². The maximum Gasteiger partial charge on any atom is 0.231 e. The summed E-state index contributed by atoms with van der Waals surface area (Å²) in [5.74, 6) is 0.258. The van der Waals surface area contributed by atoms with Gasteiger partial charge in [0.25, 0.3) is 0 Å². The van der Waals surface area contributed by atoms with E-state index in [1.807, 2.05) is 0 Å². The lowest BCUT2D eigenvalue weighted by molar-refractivity contribution is 0.101. The predicted molar refractivity (Wildman–Crippen MR) is 65.8 cm³/mol. The smallest absolute Gasteiger partial charge is 0.231 e. The standard InChI is InChI=1S/C15H9FO2/c16-11-5-3-4-10(8-11)9-14-15(17)12-6-1-2-7-13(12)18-14/h1-9H/b14-9-. The van der Waals surface area contributed by atoms with Crippen molar-refractivity contribution in [3.63, 3.8) is 0 Å². The quantitative estimate of drug-likeness (QED) is 0.714. The molecule has 0 spiro atoms. The molecular formula is C15H9FO2. The van der Waals surface area contributed by atoms with E-state index in [0.717, 1.165) is 0 Å². The summed E-state index contributed by atoms with van der Waals surface area (Å²) in [6.07, 6.45) is 1.55. The highest BCUT2D eigenvalue weighted by Crippen LogP contribution is 2.31. The largest absolute Gasteiger partial charge is 0.452 e. The SMILES string of the molecule is O=C1/C(=C/c2cccc(F)c2)Oc2ccccc21. The minimum absolute atomic E-state index is 0.171. The summed E-state index contributed by atoms with van der Waals surface area (Å²) >= 11 is 0. The molecule has 88 valence electrons. The lowest BCUT2D eigenvalue weighted by atomic mass is 10.1. The highest BCUT2D eigenvalue weighted by Gasteiger charge is 2.26. The summed E-state index contributed by atoms with van der Waals surface area (Å²) in [7, 11) is 0. The Morgan fingerprint density at radius 1 is 1.06 bits per heavy atom. The van der Waals surface area contributed by atoms with Gasteiger partial charge in [0.1, 0.15) is 11.6 Å². The fourth-order valence-corrected chi connectivity index (χ4v) is 1.88. The second kappa shape index (κ2) is 4.11. The van der Waals surface area contributed by atoms with Crippen molar-refractivity contribution in [2.75, 3.05) is 0 Å². The first-order valence-corrected chi connectivity index (χ1v) is 5.53. The van der Waals surface area contributed by atoms with Crippen molar-refractivity contribution in [1.82, 2.24) is 0 Å². The number of halogens is 1. The van der Waals surface area contributed by atoms with Gasteiger partial charge < -0.3 is 4.74 Å². The molecule has 0 saturated heterocycles. The summed E-state index contributed by atoms with van der Waals surface area (Å²) in [6.45, 7) is 0. The number of rotatable bonds is 1. The average molecular weight is 240 g/mol. The molecule has 3 rings (SSSR count). The van der Waals surface area contributed by atoms with Crippen LogP contribution in [0.25, 0.3) is 6.08 Å². The molecule has 0 N–H and O–H groups in total. The molecule has 0 unspecified atom stereocenters. The van der Waals surface area contributed by atoms with E-state index in [4.69, 9.17) is 4.74 Å². The third-order valence-corrected chi connectivity index (χ3v) is 2.72. The first-order valence-electron chi connectivity index (χ1n) is 5.53. The van der Waals surface area contributed by atoms with Crippen LogP contribution < -0.4 is 4.74 Å². The van der Waals surface area contributed by atoms with Gasteiger partial charge in [-0.3, -0.25) is 4.79 Å². The van der Waals surface area contributed by atoms with Crippen LogP contribution in [0.3, 0.4) is 0 Å². The molecule has 0 bridgehead atoms. The van der Waals surface area contributed by atoms with E-state index in [1.165, 1.54) is 12.1 Å². The van der Waals surface area contributed by atoms with E-state index in [9.17, 15) is 9.18 Å². The summed E-state index contributed by atoms with van der Waals surface area (Å²) < 4.78 is 18.5. The normalized spacial score (nSPS) is 15.6. The number of carbonyl (C=O) groups excluding carboxylic acids is 1. The second-order valence-corrected chi connectivity index (χ2v) is 3.99. The highest BCUT2D eigenvalue weighted by atomic mass is 19.1. The van der Waals surface area contributed by atoms with Crippen molar-refractivity contribution < 1.29 is 13.9 Å². The minimum atomic E-state index is -0.340. The number of benzene rings is 2. The van der Waals surface area contributed by atoms with E-state index in [2.05, 4.69) is 0 Å². The van der Waals surface area contributed by atoms with Crippen molar-refractivity contribution >= 4 is 11.9 Å². The molecule has 2 aromatic rings. The summed E-state index contributed by atoms with van der Waals surface area (Å²) in [6, 6.07) is 13.1. The van der Waals surface area contributed by atoms with Gasteiger partial charge >= 0.3 is 0 Å². The number of fused-ring (bicyclic) bond motifs is 1. The van der Waals surface area contributed by atoms with Crippen LogP contribution in [0.4, 0.5) is 4.39 Å². The number of hydrogen-bond acceptors (Lipinski definition) is 2. The number of hydrogen-bond donors (Lipinski definition) is 0. The molecule has 0 saturated carbocycles. The molecule has 0 fully saturated rings. The monoisotopic (exact) mass is 240 g/mol. The zero-order chi connectivity index (χ0) is 12.5. The summed E-state index contributed by atoms with van der Waals surface area (Å²) in [5.41, 5.74) is 1.14. The first kappa shape index (κ1) is 10.7. The van der Waals surface area contributed by atoms with Crippen LogP contribution in [0.5, 0.6) is 5.75 Å². The Kier molecular flexibility index (Phi) is 2.45. The molecule has 3 heteroatoms. The number of carbonyl (C=O) groups is 1. The molecule has 1 aliphatic heterocycles. The average Bonchev–Trinajstić information content (AvgIpc) is 2.67. The first-order chi connectivity index (χ1) is 8.74. The van der Waals surface area contributed by atoms with Crippen LogP contribution >= 0.6 is 0 Å². The van der Waals surface area contributed by atoms with Gasteiger partial charge in [-0.25, -0.2) is 4.39 Å². The van der Waals surface area contributed by atoms with E-state index in [1.54, 1.807) is 42.5 Å². The van der Waals surface area contributed by atoms with Crippen molar-refractivity contribution in [3.05, 3.63) is 71.2 Å². The molecule has 0 aliphatic carbocycles. The second-order valence-electron chi connectivity index (χ2n) is 3.99. The lowest BCUT2D eigenvalue weighted by Gasteiger charge is -1.98. The molecule has 0 atom stereocenters. The summed E-state index contributed by atoms with van der Waals surface area (Å²) in [5, 5.41) is 0. The van der Waals surface area contributed by atoms with Crippen LogP contribution in [-0.4, -0.2) is 5.78 Å². The van der Waals surface area contributed by atoms with Gasteiger partial charge in [-0.15, -0.1) is 0 Å². The third-order valence-electron chi connectivity index (χ3n) is 2.72. The number of ether oxygens (including phenoxy) is 1. The molecule has 0 radical (unpaired) electrons. The third kappa shape index (κ3) is 1.80. The molecule has 18 heavy (non-hydrogen) atoms. The van der Waals surface area contributed by atoms with Crippen molar-refractivity contribution in [2.45, 2.75) is 0 Å². The fraction of sp³-hybridized carbons (Fsp3) is 0. The van der Waals surface area contributed by atoms with Crippen LogP contribution in [0, 0.1) is 5.82 Å². The van der Waals surface area contributed by atoms with Crippen LogP contribution in [0.2, 0.25) is 0 Å². The maximum absolute atomic E-state index is 13.0. The van der Waals surface area contributed by atoms with Crippen LogP contribution in [0.1, 0.15) is 15.9 Å². The summed E-state index contributed by atoms with van der Waals surface area (Å²) in [4.78, 5) is 12.0. The molecular weight excluding hydrogens is 231 g/mol. The number of para-hydroxylation sites is 1. The van der Waals surface area contributed by atoms with Crippen molar-refractivity contribution in [2.24, 2.45) is 0 Å². The Hall–Kier alpha value is -2.42. The molecule has 2 nitrogen and oxygen atoms in total. The highest BCUT2D eigenvalue weighted by molar-refractivity contribution is 6.14. The molecule has 2 aromatic carbocycles. The zero-order valence-electron chi connectivity index (χ0n) is 9.39. The van der Waals surface area contributed by atoms with Crippen LogP contribution in [-0.2, 0) is 0 Å². The van der Waals surface area contributed by atoms with E-state index >= 15 is 0 Å². The van der Waals surface area contributed by atoms with Gasteiger partial charge in [-0.1, -0.05) is 24.3 Å². The Bertz CT molecular complexity index is 659. The van der Waals surface area contributed by atoms with Gasteiger partial charge in [0, 0.05) is 0 Å². The van der Waals surface area contributed by atoms with E-state index < -0.39 is 0 Å². The molecule has 1 aliphatic rings. The molecule has 1 heterocycles. The van der Waals surface area contributed by atoms with Gasteiger partial charge in [0.15, 0.2) is 5.76 Å². The van der Waals surface area contributed by atoms with Crippen LogP contribution in [0.15, 0.2) is 54.3 Å². The van der Waals surface area contributed by atoms with Gasteiger partial charge in [0.2, 0.25) is 5.78 Å². The Morgan fingerprint density at radius 3 is 2.67 bits per heavy atom. The number of ketones is 1. The van der Waals surface area contributed by atoms with Gasteiger partial charge in [-0.05, 0) is 35.9 Å². The maximum atomic E-state index is 13.0.